The van der Waals surface area contributed by atoms with Gasteiger partial charge in [-0.1, -0.05) is 17.3 Å². The largest absolute Gasteiger partial charge is 0.361 e. The van der Waals surface area contributed by atoms with E-state index in [1.165, 1.54) is 5.56 Å². The molecule has 3 aromatic rings. The molecular formula is C22H25N3O2. The number of carbonyl (C=O) groups excluding carboxylic acids is 1. The molecule has 27 heavy (non-hydrogen) atoms. The molecular weight excluding hydrogens is 338 g/mol. The molecule has 1 aromatic carbocycles. The Labute approximate surface area is 159 Å². The molecule has 0 radical (unpaired) electrons. The summed E-state index contributed by atoms with van der Waals surface area (Å²) in [4.78, 5) is 20.3. The fourth-order valence-corrected chi connectivity index (χ4v) is 4.01. The summed E-state index contributed by atoms with van der Waals surface area (Å²) < 4.78 is 5.27. The number of benzene rings is 1. The SMILES string of the molecule is Cc1cc(C(=O)N2CCCC[C@@H]2c2cc(C)on2)c2ccc(C)c(C)c2n1. The van der Waals surface area contributed by atoms with Gasteiger partial charge in [-0.15, -0.1) is 0 Å². The highest BCUT2D eigenvalue weighted by Gasteiger charge is 2.31. The average Bonchev–Trinajstić information content (AvgIpc) is 3.10. The molecule has 1 amide bonds. The van der Waals surface area contributed by atoms with E-state index in [1.54, 1.807) is 0 Å². The van der Waals surface area contributed by atoms with Crippen molar-refractivity contribution in [3.63, 3.8) is 0 Å². The molecule has 1 saturated heterocycles. The molecule has 5 nitrogen and oxygen atoms in total. The molecule has 1 aliphatic rings. The fraction of sp³-hybridized carbons (Fsp3) is 0.409. The van der Waals surface area contributed by atoms with Gasteiger partial charge in [-0.2, -0.15) is 0 Å². The van der Waals surface area contributed by atoms with Crippen LogP contribution in [0.5, 0.6) is 0 Å². The molecule has 0 unspecified atom stereocenters. The van der Waals surface area contributed by atoms with Crippen LogP contribution in [0.15, 0.2) is 28.8 Å². The van der Waals surface area contributed by atoms with Gasteiger partial charge in [0.2, 0.25) is 0 Å². The zero-order chi connectivity index (χ0) is 19.1. The number of likely N-dealkylation sites (tertiary alicyclic amines) is 1. The number of hydrogen-bond donors (Lipinski definition) is 0. The maximum Gasteiger partial charge on any atom is 0.255 e. The van der Waals surface area contributed by atoms with E-state index in [-0.39, 0.29) is 11.9 Å². The smallest absolute Gasteiger partial charge is 0.255 e. The summed E-state index contributed by atoms with van der Waals surface area (Å²) in [5.41, 5.74) is 5.69. The molecule has 5 heteroatoms. The number of piperidine rings is 1. The number of fused-ring (bicyclic) bond motifs is 1. The second-order valence-corrected chi connectivity index (χ2v) is 7.59. The van der Waals surface area contributed by atoms with Gasteiger partial charge in [0, 0.05) is 23.7 Å². The summed E-state index contributed by atoms with van der Waals surface area (Å²) in [6.07, 6.45) is 3.02. The number of nitrogens with zero attached hydrogens (tertiary/aromatic N) is 3. The van der Waals surface area contributed by atoms with Gasteiger partial charge >= 0.3 is 0 Å². The predicted octanol–water partition coefficient (Wildman–Crippen LogP) is 4.82. The normalized spacial score (nSPS) is 17.5. The zero-order valence-corrected chi connectivity index (χ0v) is 16.4. The van der Waals surface area contributed by atoms with Crippen LogP contribution in [0.1, 0.15) is 63.9 Å². The van der Waals surface area contributed by atoms with E-state index < -0.39 is 0 Å². The standard InChI is InChI=1S/C22H25N3O2/c1-13-8-9-17-18(11-14(2)23-21(17)16(13)4)22(26)25-10-6-5-7-20(25)19-12-15(3)27-24-19/h8-9,11-12,20H,5-7,10H2,1-4H3/t20-/m1/s1. The topological polar surface area (TPSA) is 59.2 Å². The lowest BCUT2D eigenvalue weighted by molar-refractivity contribution is 0.0604. The van der Waals surface area contributed by atoms with E-state index >= 15 is 0 Å². The molecule has 0 N–H and O–H groups in total. The Hall–Kier alpha value is -2.69. The molecule has 0 saturated carbocycles. The molecule has 1 fully saturated rings. The summed E-state index contributed by atoms with van der Waals surface area (Å²) in [5.74, 6) is 0.832. The highest BCUT2D eigenvalue weighted by molar-refractivity contribution is 6.07. The summed E-state index contributed by atoms with van der Waals surface area (Å²) in [7, 11) is 0. The van der Waals surface area contributed by atoms with Gasteiger partial charge in [0.25, 0.3) is 5.91 Å². The van der Waals surface area contributed by atoms with Crippen molar-refractivity contribution in [1.82, 2.24) is 15.0 Å². The van der Waals surface area contributed by atoms with Crippen LogP contribution in [0.25, 0.3) is 10.9 Å². The Balaban J connectivity index is 1.80. The van der Waals surface area contributed by atoms with Crippen LogP contribution in [-0.4, -0.2) is 27.5 Å². The number of pyridine rings is 1. The minimum atomic E-state index is -0.0289. The Bertz CT molecular complexity index is 1020. The quantitative estimate of drug-likeness (QED) is 0.655. The summed E-state index contributed by atoms with van der Waals surface area (Å²) in [5, 5.41) is 5.12. The van der Waals surface area contributed by atoms with Crippen LogP contribution in [0.2, 0.25) is 0 Å². The third-order valence-electron chi connectivity index (χ3n) is 5.62. The van der Waals surface area contributed by atoms with Crippen molar-refractivity contribution in [3.05, 3.63) is 58.1 Å². The second kappa shape index (κ2) is 6.80. The maximum absolute atomic E-state index is 13.6. The molecule has 1 aliphatic heterocycles. The van der Waals surface area contributed by atoms with Crippen molar-refractivity contribution in [1.29, 1.82) is 0 Å². The molecule has 140 valence electrons. The van der Waals surface area contributed by atoms with Gasteiger partial charge < -0.3 is 9.42 Å². The Morgan fingerprint density at radius 1 is 1.15 bits per heavy atom. The summed E-state index contributed by atoms with van der Waals surface area (Å²) in [6.45, 7) is 8.72. The van der Waals surface area contributed by atoms with Crippen LogP contribution in [0.3, 0.4) is 0 Å². The van der Waals surface area contributed by atoms with E-state index in [0.717, 1.165) is 65.0 Å². The number of amides is 1. The van der Waals surface area contributed by atoms with Crippen LogP contribution >= 0.6 is 0 Å². The van der Waals surface area contributed by atoms with Crippen LogP contribution in [0, 0.1) is 27.7 Å². The Kier molecular flexibility index (Phi) is 4.46. The molecule has 0 aliphatic carbocycles. The summed E-state index contributed by atoms with van der Waals surface area (Å²) in [6, 6.07) is 7.92. The highest BCUT2D eigenvalue weighted by atomic mass is 16.5. The van der Waals surface area contributed by atoms with E-state index in [1.807, 2.05) is 36.9 Å². The van der Waals surface area contributed by atoms with E-state index in [0.29, 0.717) is 0 Å². The third kappa shape index (κ3) is 3.11. The molecule has 3 heterocycles. The number of aromatic nitrogens is 2. The first-order valence-electron chi connectivity index (χ1n) is 9.57. The van der Waals surface area contributed by atoms with Crippen molar-refractivity contribution in [2.75, 3.05) is 6.54 Å². The highest BCUT2D eigenvalue weighted by Crippen LogP contribution is 2.33. The van der Waals surface area contributed by atoms with Crippen LogP contribution in [-0.2, 0) is 0 Å². The first-order valence-corrected chi connectivity index (χ1v) is 9.57. The molecule has 0 spiro atoms. The minimum absolute atomic E-state index is 0.0289. The van der Waals surface area contributed by atoms with Crippen molar-refractivity contribution in [2.45, 2.75) is 53.0 Å². The molecule has 2 aromatic heterocycles. The van der Waals surface area contributed by atoms with Crippen molar-refractivity contribution >= 4 is 16.8 Å². The lowest BCUT2D eigenvalue weighted by atomic mass is 9.96. The first-order chi connectivity index (χ1) is 13.0. The van der Waals surface area contributed by atoms with Crippen molar-refractivity contribution in [3.8, 4) is 0 Å². The predicted molar refractivity (Wildman–Crippen MR) is 105 cm³/mol. The van der Waals surface area contributed by atoms with Crippen molar-refractivity contribution < 1.29 is 9.32 Å². The van der Waals surface area contributed by atoms with E-state index in [9.17, 15) is 4.79 Å². The Morgan fingerprint density at radius 3 is 2.70 bits per heavy atom. The Morgan fingerprint density at radius 2 is 1.96 bits per heavy atom. The second-order valence-electron chi connectivity index (χ2n) is 7.59. The van der Waals surface area contributed by atoms with E-state index in [4.69, 9.17) is 9.51 Å². The van der Waals surface area contributed by atoms with Gasteiger partial charge in [0.1, 0.15) is 11.5 Å². The number of aryl methyl sites for hydroxylation is 4. The molecule has 0 bridgehead atoms. The minimum Gasteiger partial charge on any atom is -0.361 e. The van der Waals surface area contributed by atoms with Gasteiger partial charge in [-0.3, -0.25) is 9.78 Å². The average molecular weight is 363 g/mol. The number of rotatable bonds is 2. The van der Waals surface area contributed by atoms with Crippen LogP contribution < -0.4 is 0 Å². The lowest BCUT2D eigenvalue weighted by Crippen LogP contribution is -2.38. The van der Waals surface area contributed by atoms with Gasteiger partial charge in [-0.25, -0.2) is 0 Å². The maximum atomic E-state index is 13.6. The monoisotopic (exact) mass is 363 g/mol. The van der Waals surface area contributed by atoms with Gasteiger partial charge in [0.05, 0.1) is 17.1 Å². The number of hydrogen-bond acceptors (Lipinski definition) is 4. The first kappa shape index (κ1) is 17.7. The van der Waals surface area contributed by atoms with Gasteiger partial charge in [0.15, 0.2) is 0 Å². The van der Waals surface area contributed by atoms with Crippen LogP contribution in [0.4, 0.5) is 0 Å². The third-order valence-corrected chi connectivity index (χ3v) is 5.62. The molecule has 1 atom stereocenters. The molecule has 4 rings (SSSR count). The summed E-state index contributed by atoms with van der Waals surface area (Å²) >= 11 is 0. The van der Waals surface area contributed by atoms with Gasteiger partial charge in [-0.05, 0) is 64.2 Å². The zero-order valence-electron chi connectivity index (χ0n) is 16.4. The fourth-order valence-electron chi connectivity index (χ4n) is 4.01. The lowest BCUT2D eigenvalue weighted by Gasteiger charge is -2.35. The van der Waals surface area contributed by atoms with E-state index in [2.05, 4.69) is 25.1 Å². The van der Waals surface area contributed by atoms with Crippen molar-refractivity contribution in [2.24, 2.45) is 0 Å². The number of carbonyl (C=O) groups is 1.